The molecule has 7 nitrogen and oxygen atoms in total. The quantitative estimate of drug-likeness (QED) is 0.505. The van der Waals surface area contributed by atoms with Gasteiger partial charge in [-0.05, 0) is 29.1 Å². The molecular formula is C20H18FN5O2S. The summed E-state index contributed by atoms with van der Waals surface area (Å²) in [6.45, 7) is 0.192. The molecule has 4 aromatic rings. The topological polar surface area (TPSA) is 85.0 Å². The zero-order chi connectivity index (χ0) is 20.2. The van der Waals surface area contributed by atoms with E-state index in [2.05, 4.69) is 20.6 Å². The minimum absolute atomic E-state index is 0.192. The van der Waals surface area contributed by atoms with E-state index in [0.29, 0.717) is 23.0 Å². The largest absolute Gasteiger partial charge is 0.443 e. The average Bonchev–Trinajstić information content (AvgIpc) is 3.46. The number of rotatable bonds is 6. The molecule has 9 heteroatoms. The number of nitrogens with one attached hydrogen (secondary N) is 2. The number of nitrogens with zero attached hydrogens (tertiary/aromatic N) is 3. The van der Waals surface area contributed by atoms with Crippen molar-refractivity contribution in [3.05, 3.63) is 83.3 Å². The third-order valence-electron chi connectivity index (χ3n) is 4.29. The SMILES string of the molecule is Cn1ccnc1[C@@H](NC(=O)NCc1coc(-c2cccs2)n1)c1cccc(F)c1. The molecule has 1 aromatic carbocycles. The maximum atomic E-state index is 13.7. The fourth-order valence-electron chi connectivity index (χ4n) is 2.89. The molecule has 0 aliphatic carbocycles. The van der Waals surface area contributed by atoms with Crippen LogP contribution in [0.4, 0.5) is 9.18 Å². The second-order valence-electron chi connectivity index (χ2n) is 6.33. The number of imidazole rings is 1. The second-order valence-corrected chi connectivity index (χ2v) is 7.28. The highest BCUT2D eigenvalue weighted by Crippen LogP contribution is 2.24. The Bertz CT molecular complexity index is 1110. The van der Waals surface area contributed by atoms with Gasteiger partial charge >= 0.3 is 6.03 Å². The van der Waals surface area contributed by atoms with Gasteiger partial charge in [-0.1, -0.05) is 18.2 Å². The fourth-order valence-corrected chi connectivity index (χ4v) is 3.55. The Balaban J connectivity index is 1.45. The Morgan fingerprint density at radius 2 is 2.24 bits per heavy atom. The van der Waals surface area contributed by atoms with Crippen LogP contribution >= 0.6 is 11.3 Å². The summed E-state index contributed by atoms with van der Waals surface area (Å²) >= 11 is 1.52. The first-order valence-electron chi connectivity index (χ1n) is 8.85. The predicted octanol–water partition coefficient (Wildman–Crippen LogP) is 3.86. The van der Waals surface area contributed by atoms with Crippen LogP contribution in [0.15, 0.2) is 64.9 Å². The van der Waals surface area contributed by atoms with Crippen LogP contribution in [0.1, 0.15) is 23.1 Å². The maximum absolute atomic E-state index is 13.7. The highest BCUT2D eigenvalue weighted by atomic mass is 32.1. The summed E-state index contributed by atoms with van der Waals surface area (Å²) in [4.78, 5) is 22.1. The van der Waals surface area contributed by atoms with Crippen LogP contribution in [0.3, 0.4) is 0 Å². The molecule has 0 spiro atoms. The maximum Gasteiger partial charge on any atom is 0.315 e. The lowest BCUT2D eigenvalue weighted by Gasteiger charge is -2.19. The van der Waals surface area contributed by atoms with Crippen molar-refractivity contribution in [1.82, 2.24) is 25.2 Å². The normalized spacial score (nSPS) is 11.9. The van der Waals surface area contributed by atoms with Gasteiger partial charge in [0, 0.05) is 19.4 Å². The molecule has 2 amide bonds. The van der Waals surface area contributed by atoms with Gasteiger partial charge in [-0.25, -0.2) is 19.2 Å². The van der Waals surface area contributed by atoms with E-state index in [-0.39, 0.29) is 12.4 Å². The van der Waals surface area contributed by atoms with Crippen LogP contribution in [0.5, 0.6) is 0 Å². The summed E-state index contributed by atoms with van der Waals surface area (Å²) < 4.78 is 21.0. The van der Waals surface area contributed by atoms with E-state index in [4.69, 9.17) is 4.42 Å². The zero-order valence-corrected chi connectivity index (χ0v) is 16.3. The van der Waals surface area contributed by atoms with Crippen LogP contribution in [-0.4, -0.2) is 20.6 Å². The molecule has 29 heavy (non-hydrogen) atoms. The molecule has 0 saturated heterocycles. The Hall–Kier alpha value is -3.46. The van der Waals surface area contributed by atoms with E-state index in [1.54, 1.807) is 29.1 Å². The van der Waals surface area contributed by atoms with Gasteiger partial charge in [0.05, 0.1) is 17.1 Å². The van der Waals surface area contributed by atoms with E-state index in [1.165, 1.54) is 29.7 Å². The molecule has 0 fully saturated rings. The summed E-state index contributed by atoms with van der Waals surface area (Å²) in [6, 6.07) is 8.87. The molecule has 0 saturated carbocycles. The molecule has 148 valence electrons. The number of aryl methyl sites for hydroxylation is 1. The lowest BCUT2D eigenvalue weighted by Crippen LogP contribution is -2.39. The average molecular weight is 411 g/mol. The number of halogens is 1. The first-order valence-corrected chi connectivity index (χ1v) is 9.73. The number of thiophene rings is 1. The van der Waals surface area contributed by atoms with Crippen LogP contribution in [0.2, 0.25) is 0 Å². The molecule has 3 aromatic heterocycles. The standard InChI is InChI=1S/C20H18FN5O2S/c1-26-8-7-22-18(26)17(13-4-2-5-14(21)10-13)25-20(27)23-11-15-12-28-19(24-15)16-6-3-9-29-16/h2-10,12,17H,11H2,1H3,(H2,23,25,27)/t17-/m0/s1. The molecule has 2 N–H and O–H groups in total. The van der Waals surface area contributed by atoms with E-state index in [1.807, 2.05) is 24.6 Å². The minimum Gasteiger partial charge on any atom is -0.443 e. The van der Waals surface area contributed by atoms with E-state index in [9.17, 15) is 9.18 Å². The smallest absolute Gasteiger partial charge is 0.315 e. The number of amides is 2. The van der Waals surface area contributed by atoms with E-state index >= 15 is 0 Å². The van der Waals surface area contributed by atoms with Crippen molar-refractivity contribution < 1.29 is 13.6 Å². The highest BCUT2D eigenvalue weighted by molar-refractivity contribution is 7.13. The Kier molecular flexibility index (Phi) is 5.39. The summed E-state index contributed by atoms with van der Waals surface area (Å²) in [5.41, 5.74) is 1.19. The lowest BCUT2D eigenvalue weighted by molar-refractivity contribution is 0.237. The highest BCUT2D eigenvalue weighted by Gasteiger charge is 2.21. The third-order valence-corrected chi connectivity index (χ3v) is 5.15. The molecule has 0 unspecified atom stereocenters. The van der Waals surface area contributed by atoms with Crippen LogP contribution in [-0.2, 0) is 13.6 Å². The first-order chi connectivity index (χ1) is 14.1. The Morgan fingerprint density at radius 3 is 2.97 bits per heavy atom. The number of carbonyl (C=O) groups is 1. The monoisotopic (exact) mass is 411 g/mol. The van der Waals surface area contributed by atoms with Gasteiger partial charge in [-0.15, -0.1) is 11.3 Å². The summed E-state index contributed by atoms with van der Waals surface area (Å²) in [5.74, 6) is 0.725. The minimum atomic E-state index is -0.607. The van der Waals surface area contributed by atoms with Crippen molar-refractivity contribution in [1.29, 1.82) is 0 Å². The number of carbonyl (C=O) groups excluding carboxylic acids is 1. The number of benzene rings is 1. The molecule has 1 atom stereocenters. The molecule has 0 bridgehead atoms. The van der Waals surface area contributed by atoms with E-state index in [0.717, 1.165) is 4.88 Å². The van der Waals surface area contributed by atoms with Crippen molar-refractivity contribution in [2.24, 2.45) is 7.05 Å². The van der Waals surface area contributed by atoms with Gasteiger partial charge in [0.15, 0.2) is 0 Å². The van der Waals surface area contributed by atoms with Crippen molar-refractivity contribution >= 4 is 17.4 Å². The third kappa shape index (κ3) is 4.35. The van der Waals surface area contributed by atoms with Crippen molar-refractivity contribution in [3.8, 4) is 10.8 Å². The van der Waals surface area contributed by atoms with Crippen LogP contribution in [0.25, 0.3) is 10.8 Å². The molecule has 0 radical (unpaired) electrons. The van der Waals surface area contributed by atoms with Crippen molar-refractivity contribution in [2.45, 2.75) is 12.6 Å². The number of oxazole rings is 1. The van der Waals surface area contributed by atoms with Crippen LogP contribution in [0, 0.1) is 5.82 Å². The van der Waals surface area contributed by atoms with Gasteiger partial charge in [-0.2, -0.15) is 0 Å². The Labute approximate surface area is 170 Å². The van der Waals surface area contributed by atoms with Gasteiger partial charge in [0.2, 0.25) is 5.89 Å². The fraction of sp³-hybridized carbons (Fsp3) is 0.150. The molecular weight excluding hydrogens is 393 g/mol. The predicted molar refractivity (Wildman–Crippen MR) is 107 cm³/mol. The van der Waals surface area contributed by atoms with Gasteiger partial charge in [0.1, 0.15) is 23.9 Å². The second kappa shape index (κ2) is 8.27. The number of urea groups is 1. The van der Waals surface area contributed by atoms with Gasteiger partial charge in [-0.3, -0.25) is 0 Å². The van der Waals surface area contributed by atoms with Crippen molar-refractivity contribution in [3.63, 3.8) is 0 Å². The molecule has 0 aliphatic heterocycles. The lowest BCUT2D eigenvalue weighted by atomic mass is 10.1. The van der Waals surface area contributed by atoms with Gasteiger partial charge < -0.3 is 19.6 Å². The van der Waals surface area contributed by atoms with Gasteiger partial charge in [0.25, 0.3) is 0 Å². The van der Waals surface area contributed by atoms with E-state index < -0.39 is 12.1 Å². The molecule has 0 aliphatic rings. The zero-order valence-electron chi connectivity index (χ0n) is 15.5. The number of hydrogen-bond acceptors (Lipinski definition) is 5. The number of aromatic nitrogens is 3. The summed E-state index contributed by atoms with van der Waals surface area (Å²) in [5, 5.41) is 7.55. The summed E-state index contributed by atoms with van der Waals surface area (Å²) in [6.07, 6.45) is 4.91. The summed E-state index contributed by atoms with van der Waals surface area (Å²) in [7, 11) is 1.82. The molecule has 3 heterocycles. The first kappa shape index (κ1) is 18.9. The number of hydrogen-bond donors (Lipinski definition) is 2. The van der Waals surface area contributed by atoms with Crippen LogP contribution < -0.4 is 10.6 Å². The molecule has 4 rings (SSSR count). The van der Waals surface area contributed by atoms with Crippen molar-refractivity contribution in [2.75, 3.05) is 0 Å². The Morgan fingerprint density at radius 1 is 1.34 bits per heavy atom.